The monoisotopic (exact) mass is 104 g/mol. The van der Waals surface area contributed by atoms with Crippen molar-refractivity contribution in [2.45, 2.75) is 26.6 Å². The highest BCUT2D eigenvalue weighted by Crippen LogP contribution is 2.09. The van der Waals surface area contributed by atoms with Gasteiger partial charge in [0.15, 0.2) is 5.79 Å². The van der Waals surface area contributed by atoms with Gasteiger partial charge in [-0.15, -0.1) is 0 Å². The molecule has 0 unspecified atom stereocenters. The maximum Gasteiger partial charge on any atom is 0.161 e. The van der Waals surface area contributed by atoms with E-state index < -0.39 is 5.79 Å². The largest absolute Gasteiger partial charge is 0.366 e. The second kappa shape index (κ2) is 1.80. The van der Waals surface area contributed by atoms with E-state index in [4.69, 9.17) is 10.2 Å². The predicted molar refractivity (Wildman–Crippen MR) is 27.7 cm³/mol. The summed E-state index contributed by atoms with van der Waals surface area (Å²) in [6.07, 6.45) is 0. The van der Waals surface area contributed by atoms with E-state index in [2.05, 4.69) is 0 Å². The van der Waals surface area contributed by atoms with Crippen molar-refractivity contribution in [3.63, 3.8) is 0 Å². The van der Waals surface area contributed by atoms with Gasteiger partial charge in [0.2, 0.25) is 0 Å². The molecule has 0 radical (unpaired) electrons. The summed E-state index contributed by atoms with van der Waals surface area (Å²) < 4.78 is 0. The number of rotatable bonds is 1. The van der Waals surface area contributed by atoms with Crippen molar-refractivity contribution in [3.8, 4) is 0 Å². The average molecular weight is 104 g/mol. The van der Waals surface area contributed by atoms with Gasteiger partial charge in [0.1, 0.15) is 0 Å². The second-order valence-electron chi connectivity index (χ2n) is 2.25. The van der Waals surface area contributed by atoms with Gasteiger partial charge in [0.25, 0.3) is 0 Å². The van der Waals surface area contributed by atoms with E-state index in [9.17, 15) is 0 Å². The lowest BCUT2D eigenvalue weighted by atomic mass is 10.1. The quantitative estimate of drug-likeness (QED) is 0.471. The summed E-state index contributed by atoms with van der Waals surface area (Å²) in [6.45, 7) is 4.87. The molecule has 0 aromatic carbocycles. The van der Waals surface area contributed by atoms with Crippen molar-refractivity contribution in [2.24, 2.45) is 5.92 Å². The van der Waals surface area contributed by atoms with Gasteiger partial charge in [-0.25, -0.2) is 0 Å². The Labute approximate surface area is 43.8 Å². The van der Waals surface area contributed by atoms with Gasteiger partial charge in [0.05, 0.1) is 0 Å². The lowest BCUT2D eigenvalue weighted by Crippen LogP contribution is -2.29. The molecule has 44 valence electrons. The summed E-state index contributed by atoms with van der Waals surface area (Å²) >= 11 is 0. The molecule has 0 aliphatic carbocycles. The molecular weight excluding hydrogens is 92.1 g/mol. The fourth-order valence-corrected chi connectivity index (χ4v) is 0. The van der Waals surface area contributed by atoms with Crippen molar-refractivity contribution >= 4 is 0 Å². The fourth-order valence-electron chi connectivity index (χ4n) is 0. The van der Waals surface area contributed by atoms with Crippen molar-refractivity contribution in [1.29, 1.82) is 0 Å². The number of hydrogen-bond donors (Lipinski definition) is 2. The van der Waals surface area contributed by atoms with Crippen LogP contribution < -0.4 is 0 Å². The number of hydrogen-bond acceptors (Lipinski definition) is 2. The molecule has 2 N–H and O–H groups in total. The maximum atomic E-state index is 8.65. The zero-order valence-electron chi connectivity index (χ0n) is 4.97. The van der Waals surface area contributed by atoms with E-state index in [1.807, 2.05) is 0 Å². The lowest BCUT2D eigenvalue weighted by Gasteiger charge is -2.19. The topological polar surface area (TPSA) is 40.5 Å². The molecule has 0 rings (SSSR count). The molecule has 7 heavy (non-hydrogen) atoms. The van der Waals surface area contributed by atoms with Crippen molar-refractivity contribution in [2.75, 3.05) is 0 Å². The zero-order valence-corrected chi connectivity index (χ0v) is 4.97. The SMILES string of the molecule is CC(C)C(C)(O)O. The summed E-state index contributed by atoms with van der Waals surface area (Å²) in [7, 11) is 0. The van der Waals surface area contributed by atoms with Gasteiger partial charge in [-0.2, -0.15) is 0 Å². The molecule has 0 aliphatic rings. The Balaban J connectivity index is 3.54. The van der Waals surface area contributed by atoms with Gasteiger partial charge < -0.3 is 10.2 Å². The minimum Gasteiger partial charge on any atom is -0.366 e. The van der Waals surface area contributed by atoms with E-state index in [0.29, 0.717) is 0 Å². The first-order chi connectivity index (χ1) is 2.94. The molecular formula is C5H12O2. The van der Waals surface area contributed by atoms with Crippen LogP contribution in [0.15, 0.2) is 0 Å². The van der Waals surface area contributed by atoms with Crippen LogP contribution in [0.4, 0.5) is 0 Å². The molecule has 2 nitrogen and oxygen atoms in total. The van der Waals surface area contributed by atoms with Crippen LogP contribution in [0.1, 0.15) is 20.8 Å². The minimum absolute atomic E-state index is 0.0903. The molecule has 0 aromatic rings. The third-order valence-electron chi connectivity index (χ3n) is 1.09. The molecule has 0 fully saturated rings. The molecule has 0 amide bonds. The van der Waals surface area contributed by atoms with Crippen LogP contribution in [0.2, 0.25) is 0 Å². The standard InChI is InChI=1S/C5H12O2/c1-4(2)5(3,6)7/h4,6-7H,1-3H3. The summed E-state index contributed by atoms with van der Waals surface area (Å²) in [4.78, 5) is 0. The van der Waals surface area contributed by atoms with Crippen LogP contribution >= 0.6 is 0 Å². The van der Waals surface area contributed by atoms with Crippen LogP contribution in [0.25, 0.3) is 0 Å². The Kier molecular flexibility index (Phi) is 1.78. The Morgan fingerprint density at radius 1 is 1.29 bits per heavy atom. The Morgan fingerprint density at radius 3 is 1.43 bits per heavy atom. The van der Waals surface area contributed by atoms with Gasteiger partial charge in [-0.1, -0.05) is 13.8 Å². The van der Waals surface area contributed by atoms with E-state index in [1.54, 1.807) is 13.8 Å². The van der Waals surface area contributed by atoms with Crippen LogP contribution in [-0.2, 0) is 0 Å². The molecule has 0 saturated heterocycles. The molecule has 0 heterocycles. The van der Waals surface area contributed by atoms with Crippen molar-refractivity contribution in [3.05, 3.63) is 0 Å². The highest BCUT2D eigenvalue weighted by molar-refractivity contribution is 4.59. The summed E-state index contributed by atoms with van der Waals surface area (Å²) in [5.74, 6) is -1.59. The minimum atomic E-state index is -1.50. The highest BCUT2D eigenvalue weighted by atomic mass is 16.5. The Hall–Kier alpha value is -0.0800. The van der Waals surface area contributed by atoms with Crippen molar-refractivity contribution < 1.29 is 10.2 Å². The van der Waals surface area contributed by atoms with Gasteiger partial charge in [-0.3, -0.25) is 0 Å². The van der Waals surface area contributed by atoms with E-state index in [0.717, 1.165) is 0 Å². The summed E-state index contributed by atoms with van der Waals surface area (Å²) in [5, 5.41) is 17.3. The Bertz CT molecular complexity index is 51.6. The zero-order chi connectivity index (χ0) is 6.08. The van der Waals surface area contributed by atoms with E-state index >= 15 is 0 Å². The molecule has 0 bridgehead atoms. The van der Waals surface area contributed by atoms with E-state index in [-0.39, 0.29) is 5.92 Å². The molecule has 0 atom stereocenters. The molecule has 0 saturated carbocycles. The highest BCUT2D eigenvalue weighted by Gasteiger charge is 2.18. The molecule has 0 aromatic heterocycles. The van der Waals surface area contributed by atoms with Crippen LogP contribution in [0, 0.1) is 5.92 Å². The smallest absolute Gasteiger partial charge is 0.161 e. The first-order valence-corrected chi connectivity index (χ1v) is 2.39. The summed E-state index contributed by atoms with van der Waals surface area (Å²) in [5.41, 5.74) is 0. The first-order valence-electron chi connectivity index (χ1n) is 2.39. The first kappa shape index (κ1) is 6.92. The number of aliphatic hydroxyl groups is 2. The van der Waals surface area contributed by atoms with Crippen LogP contribution in [0.3, 0.4) is 0 Å². The fraction of sp³-hybridized carbons (Fsp3) is 1.00. The summed E-state index contributed by atoms with van der Waals surface area (Å²) in [6, 6.07) is 0. The molecule has 0 spiro atoms. The predicted octanol–water partition coefficient (Wildman–Crippen LogP) is 0.343. The lowest BCUT2D eigenvalue weighted by molar-refractivity contribution is -0.176. The third-order valence-corrected chi connectivity index (χ3v) is 1.09. The molecule has 0 aliphatic heterocycles. The third kappa shape index (κ3) is 2.60. The Morgan fingerprint density at radius 2 is 1.43 bits per heavy atom. The average Bonchev–Trinajstić information content (AvgIpc) is 1.31. The maximum absolute atomic E-state index is 8.65. The van der Waals surface area contributed by atoms with Crippen LogP contribution in [-0.4, -0.2) is 16.0 Å². The second-order valence-corrected chi connectivity index (χ2v) is 2.25. The van der Waals surface area contributed by atoms with Gasteiger partial charge in [-0.05, 0) is 6.92 Å². The van der Waals surface area contributed by atoms with Crippen molar-refractivity contribution in [1.82, 2.24) is 0 Å². The van der Waals surface area contributed by atoms with Crippen LogP contribution in [0.5, 0.6) is 0 Å². The molecule has 2 heteroatoms. The van der Waals surface area contributed by atoms with Gasteiger partial charge >= 0.3 is 0 Å². The van der Waals surface area contributed by atoms with Gasteiger partial charge in [0, 0.05) is 5.92 Å². The normalized spacial score (nSPS) is 12.9. The van der Waals surface area contributed by atoms with E-state index in [1.165, 1.54) is 6.92 Å².